The molecule has 2 aromatic carbocycles. The molecule has 1 saturated carbocycles. The number of hydrogen-bond acceptors (Lipinski definition) is 3. The van der Waals surface area contributed by atoms with Crippen LogP contribution in [-0.2, 0) is 4.79 Å². The number of fused-ring (bicyclic) bond motifs is 1. The first kappa shape index (κ1) is 20.9. The number of methoxy groups -OCH3 is 1. The number of anilines is 1. The van der Waals surface area contributed by atoms with E-state index in [1.165, 1.54) is 16.0 Å². The van der Waals surface area contributed by atoms with Gasteiger partial charge in [-0.1, -0.05) is 30.5 Å². The van der Waals surface area contributed by atoms with Crippen molar-refractivity contribution in [1.82, 2.24) is 0 Å². The predicted octanol–water partition coefficient (Wildman–Crippen LogP) is 2.89. The van der Waals surface area contributed by atoms with Gasteiger partial charge in [-0.2, -0.15) is 0 Å². The van der Waals surface area contributed by atoms with Crippen molar-refractivity contribution in [3.05, 3.63) is 59.7 Å². The van der Waals surface area contributed by atoms with Crippen LogP contribution in [0.2, 0.25) is 0 Å². The number of ether oxygens (including phenoxy) is 1. The smallest absolute Gasteiger partial charge is 0.279 e. The van der Waals surface area contributed by atoms with E-state index in [1.807, 2.05) is 43.3 Å². The Hall–Kier alpha value is -2.37. The van der Waals surface area contributed by atoms with Gasteiger partial charge >= 0.3 is 0 Å². The number of carbonyl (C=O) groups is 1. The first-order valence-corrected chi connectivity index (χ1v) is 11.1. The van der Waals surface area contributed by atoms with E-state index in [2.05, 4.69) is 17.4 Å². The number of hydrogen-bond donors (Lipinski definition) is 3. The maximum Gasteiger partial charge on any atom is 0.279 e. The van der Waals surface area contributed by atoms with E-state index in [0.717, 1.165) is 50.1 Å². The SMILES string of the molecule is COc1ccc([C@@H]2[C@@H]3CCCC[C@@]3(O)CC[NH+]2CC(=O)Nc2ccc(C)cc2)cc1. The summed E-state index contributed by atoms with van der Waals surface area (Å²) in [7, 11) is 1.67. The number of aryl methyl sites for hydroxylation is 1. The van der Waals surface area contributed by atoms with Crippen LogP contribution in [0.3, 0.4) is 0 Å². The Labute approximate surface area is 179 Å². The van der Waals surface area contributed by atoms with Crippen LogP contribution in [0.1, 0.15) is 49.3 Å². The summed E-state index contributed by atoms with van der Waals surface area (Å²) in [6, 6.07) is 16.2. The van der Waals surface area contributed by atoms with Crippen molar-refractivity contribution in [2.75, 3.05) is 25.5 Å². The van der Waals surface area contributed by atoms with Crippen molar-refractivity contribution in [2.24, 2.45) is 5.92 Å². The molecule has 5 heteroatoms. The van der Waals surface area contributed by atoms with Crippen LogP contribution in [0.15, 0.2) is 48.5 Å². The fourth-order valence-corrected chi connectivity index (χ4v) is 5.38. The molecule has 160 valence electrons. The Balaban J connectivity index is 1.56. The average molecular weight is 410 g/mol. The Morgan fingerprint density at radius 2 is 1.87 bits per heavy atom. The second kappa shape index (κ2) is 8.78. The molecule has 3 N–H and O–H groups in total. The van der Waals surface area contributed by atoms with E-state index in [1.54, 1.807) is 7.11 Å². The lowest BCUT2D eigenvalue weighted by atomic mass is 9.66. The molecule has 4 rings (SSSR count). The normalized spacial score (nSPS) is 28.4. The standard InChI is InChI=1S/C25H32N2O3/c1-18-6-10-20(11-7-18)26-23(28)17-27-16-15-25(29)14-4-3-5-22(25)24(27)19-8-12-21(30-2)13-9-19/h6-13,22,24,29H,3-5,14-17H2,1-2H3,(H,26,28)/p+1/t22-,24+,25+/m0/s1. The van der Waals surface area contributed by atoms with Crippen molar-refractivity contribution < 1.29 is 19.5 Å². The summed E-state index contributed by atoms with van der Waals surface area (Å²) in [4.78, 5) is 14.1. The van der Waals surface area contributed by atoms with Crippen LogP contribution in [-0.4, -0.2) is 36.8 Å². The Morgan fingerprint density at radius 1 is 1.13 bits per heavy atom. The molecule has 1 aliphatic heterocycles. The summed E-state index contributed by atoms with van der Waals surface area (Å²) in [5.41, 5.74) is 2.57. The van der Waals surface area contributed by atoms with Gasteiger partial charge in [-0.15, -0.1) is 0 Å². The largest absolute Gasteiger partial charge is 0.497 e. The molecule has 5 nitrogen and oxygen atoms in total. The molecule has 0 radical (unpaired) electrons. The molecule has 4 atom stereocenters. The Bertz CT molecular complexity index is 865. The highest BCUT2D eigenvalue weighted by atomic mass is 16.5. The number of aliphatic hydroxyl groups is 1. The van der Waals surface area contributed by atoms with Crippen LogP contribution in [0.5, 0.6) is 5.75 Å². The summed E-state index contributed by atoms with van der Waals surface area (Å²) in [5.74, 6) is 1.02. The number of likely N-dealkylation sites (tertiary alicyclic amines) is 1. The summed E-state index contributed by atoms with van der Waals surface area (Å²) in [5, 5.41) is 14.4. The van der Waals surface area contributed by atoms with Gasteiger partial charge in [0, 0.05) is 23.6 Å². The first-order valence-electron chi connectivity index (χ1n) is 11.1. The molecule has 1 amide bonds. The van der Waals surface area contributed by atoms with Crippen molar-refractivity contribution in [3.8, 4) is 5.75 Å². The number of benzene rings is 2. The minimum Gasteiger partial charge on any atom is -0.497 e. The number of rotatable bonds is 5. The molecule has 0 spiro atoms. The molecule has 1 heterocycles. The molecule has 2 aromatic rings. The van der Waals surface area contributed by atoms with Crippen LogP contribution in [0.25, 0.3) is 0 Å². The average Bonchev–Trinajstić information content (AvgIpc) is 2.75. The fraction of sp³-hybridized carbons (Fsp3) is 0.480. The third kappa shape index (κ3) is 4.37. The maximum atomic E-state index is 12.9. The van der Waals surface area contributed by atoms with Crippen molar-refractivity contribution >= 4 is 11.6 Å². The van der Waals surface area contributed by atoms with Gasteiger partial charge < -0.3 is 20.1 Å². The first-order chi connectivity index (χ1) is 14.5. The quantitative estimate of drug-likeness (QED) is 0.712. The molecule has 1 unspecified atom stereocenters. The minimum absolute atomic E-state index is 0.0219. The predicted molar refractivity (Wildman–Crippen MR) is 118 cm³/mol. The number of amides is 1. The molecule has 30 heavy (non-hydrogen) atoms. The molecule has 2 aliphatic rings. The van der Waals surface area contributed by atoms with E-state index in [9.17, 15) is 9.90 Å². The second-order valence-corrected chi connectivity index (χ2v) is 8.96. The summed E-state index contributed by atoms with van der Waals surface area (Å²) < 4.78 is 5.33. The third-order valence-electron chi connectivity index (χ3n) is 6.98. The molecule has 1 aliphatic carbocycles. The van der Waals surface area contributed by atoms with Gasteiger partial charge in [-0.3, -0.25) is 4.79 Å². The molecule has 0 bridgehead atoms. The highest BCUT2D eigenvalue weighted by Gasteiger charge is 2.51. The van der Waals surface area contributed by atoms with Crippen LogP contribution >= 0.6 is 0 Å². The van der Waals surface area contributed by atoms with Gasteiger partial charge in [-0.05, 0) is 56.2 Å². The number of nitrogens with one attached hydrogen (secondary N) is 2. The van der Waals surface area contributed by atoms with Crippen LogP contribution in [0.4, 0.5) is 5.69 Å². The van der Waals surface area contributed by atoms with E-state index in [0.29, 0.717) is 6.54 Å². The molecule has 0 aromatic heterocycles. The van der Waals surface area contributed by atoms with E-state index in [4.69, 9.17) is 4.74 Å². The van der Waals surface area contributed by atoms with Crippen molar-refractivity contribution in [1.29, 1.82) is 0 Å². The Morgan fingerprint density at radius 3 is 2.57 bits per heavy atom. The molecular formula is C25H33N2O3+. The van der Waals surface area contributed by atoms with Gasteiger partial charge in [0.05, 0.1) is 19.3 Å². The van der Waals surface area contributed by atoms with Gasteiger partial charge in [0.2, 0.25) is 0 Å². The zero-order chi connectivity index (χ0) is 21.1. The second-order valence-electron chi connectivity index (χ2n) is 8.96. The zero-order valence-electron chi connectivity index (χ0n) is 18.0. The highest BCUT2D eigenvalue weighted by molar-refractivity contribution is 5.91. The van der Waals surface area contributed by atoms with Gasteiger partial charge in [0.25, 0.3) is 5.91 Å². The lowest BCUT2D eigenvalue weighted by Crippen LogP contribution is -3.16. The molecular weight excluding hydrogens is 376 g/mol. The fourth-order valence-electron chi connectivity index (χ4n) is 5.38. The van der Waals surface area contributed by atoms with Crippen LogP contribution in [0, 0.1) is 12.8 Å². The van der Waals surface area contributed by atoms with Gasteiger partial charge in [0.1, 0.15) is 11.8 Å². The topological polar surface area (TPSA) is 63.0 Å². The Kier molecular flexibility index (Phi) is 6.11. The van der Waals surface area contributed by atoms with Crippen molar-refractivity contribution in [2.45, 2.75) is 50.7 Å². The van der Waals surface area contributed by atoms with Crippen molar-refractivity contribution in [3.63, 3.8) is 0 Å². The lowest BCUT2D eigenvalue weighted by molar-refractivity contribution is -0.937. The number of carbonyl (C=O) groups excluding carboxylic acids is 1. The summed E-state index contributed by atoms with van der Waals surface area (Å²) in [6.07, 6.45) is 4.87. The van der Waals surface area contributed by atoms with Crippen LogP contribution < -0.4 is 15.0 Å². The highest BCUT2D eigenvalue weighted by Crippen LogP contribution is 2.44. The minimum atomic E-state index is -0.611. The lowest BCUT2D eigenvalue weighted by Gasteiger charge is -2.50. The number of quaternary nitrogens is 1. The summed E-state index contributed by atoms with van der Waals surface area (Å²) >= 11 is 0. The summed E-state index contributed by atoms with van der Waals surface area (Å²) in [6.45, 7) is 3.23. The zero-order valence-corrected chi connectivity index (χ0v) is 18.0. The van der Waals surface area contributed by atoms with E-state index >= 15 is 0 Å². The van der Waals surface area contributed by atoms with E-state index < -0.39 is 5.60 Å². The van der Waals surface area contributed by atoms with Gasteiger partial charge in [-0.25, -0.2) is 0 Å². The van der Waals surface area contributed by atoms with Gasteiger partial charge in [0.15, 0.2) is 6.54 Å². The third-order valence-corrected chi connectivity index (χ3v) is 6.98. The monoisotopic (exact) mass is 409 g/mol. The number of piperidine rings is 1. The molecule has 1 saturated heterocycles. The van der Waals surface area contributed by atoms with E-state index in [-0.39, 0.29) is 17.9 Å². The maximum absolute atomic E-state index is 12.9. The molecule has 2 fully saturated rings.